The summed E-state index contributed by atoms with van der Waals surface area (Å²) >= 11 is 0. The van der Waals surface area contributed by atoms with Crippen LogP contribution in [0.3, 0.4) is 0 Å². The Morgan fingerprint density at radius 1 is 1.12 bits per heavy atom. The lowest BCUT2D eigenvalue weighted by atomic mass is 10.3. The van der Waals surface area contributed by atoms with Gasteiger partial charge in [0.25, 0.3) is 0 Å². The molecule has 0 bridgehead atoms. The van der Waals surface area contributed by atoms with Gasteiger partial charge in [-0.15, -0.1) is 25.6 Å². The highest BCUT2D eigenvalue weighted by molar-refractivity contribution is 7.89. The molecule has 0 atom stereocenters. The molecule has 1 amide bonds. The van der Waals surface area contributed by atoms with Gasteiger partial charge in [0.15, 0.2) is 0 Å². The Morgan fingerprint density at radius 2 is 1.73 bits per heavy atom. The van der Waals surface area contributed by atoms with Gasteiger partial charge in [0.2, 0.25) is 15.9 Å². The van der Waals surface area contributed by atoms with Gasteiger partial charge in [0.05, 0.1) is 4.90 Å². The molecule has 0 aliphatic carbocycles. The van der Waals surface area contributed by atoms with E-state index in [1.54, 1.807) is 0 Å². The van der Waals surface area contributed by atoms with E-state index >= 15 is 0 Å². The van der Waals surface area contributed by atoms with Crippen molar-refractivity contribution in [1.82, 2.24) is 15.4 Å². The fraction of sp³-hybridized carbons (Fsp3) is 0.500. The number of carbonyl (C=O) groups is 1. The van der Waals surface area contributed by atoms with Crippen molar-refractivity contribution in [2.45, 2.75) is 24.6 Å². The maximum Gasteiger partial charge on any atom is 0.573 e. The third kappa shape index (κ3) is 9.80. The van der Waals surface area contributed by atoms with Crippen molar-refractivity contribution in [3.63, 3.8) is 0 Å². The minimum atomic E-state index is -4.85. The molecule has 0 aromatic heterocycles. The van der Waals surface area contributed by atoms with Crippen LogP contribution >= 0.6 is 12.4 Å². The first kappa shape index (κ1) is 24.4. The molecule has 7 nitrogen and oxygen atoms in total. The average Bonchev–Trinajstić information content (AvgIpc) is 2.50. The Kier molecular flexibility index (Phi) is 10.5. The summed E-state index contributed by atoms with van der Waals surface area (Å²) in [5, 5.41) is 5.63. The molecular weight excluding hydrogens is 399 g/mol. The number of nitrogens with one attached hydrogen (secondary N) is 3. The summed E-state index contributed by atoms with van der Waals surface area (Å²) in [5.41, 5.74) is 0. The van der Waals surface area contributed by atoms with Gasteiger partial charge in [-0.2, -0.15) is 0 Å². The molecule has 150 valence electrons. The zero-order chi connectivity index (χ0) is 18.9. The number of benzene rings is 1. The molecule has 26 heavy (non-hydrogen) atoms. The third-order valence-electron chi connectivity index (χ3n) is 2.89. The summed E-state index contributed by atoms with van der Waals surface area (Å²) in [5.74, 6) is -0.832. The van der Waals surface area contributed by atoms with Crippen molar-refractivity contribution in [3.8, 4) is 5.75 Å². The van der Waals surface area contributed by atoms with Gasteiger partial charge in [-0.25, -0.2) is 13.1 Å². The van der Waals surface area contributed by atoms with Crippen molar-refractivity contribution in [1.29, 1.82) is 0 Å². The molecule has 0 aliphatic rings. The monoisotopic (exact) mass is 419 g/mol. The van der Waals surface area contributed by atoms with E-state index in [0.29, 0.717) is 13.1 Å². The van der Waals surface area contributed by atoms with E-state index in [0.717, 1.165) is 30.8 Å². The second-order valence-electron chi connectivity index (χ2n) is 4.87. The Labute approximate surface area is 156 Å². The minimum Gasteiger partial charge on any atom is -0.406 e. The molecule has 12 heteroatoms. The maximum atomic E-state index is 12.1. The van der Waals surface area contributed by atoms with Crippen LogP contribution in [0.4, 0.5) is 13.2 Å². The molecule has 0 saturated carbocycles. The van der Waals surface area contributed by atoms with Crippen LogP contribution in [-0.2, 0) is 14.8 Å². The number of likely N-dealkylation sites (N-methyl/N-ethyl adjacent to an activating group) is 1. The zero-order valence-electron chi connectivity index (χ0n) is 13.9. The molecule has 0 aliphatic heterocycles. The summed E-state index contributed by atoms with van der Waals surface area (Å²) in [6, 6.07) is 3.77. The van der Waals surface area contributed by atoms with Crippen LogP contribution in [0.5, 0.6) is 5.75 Å². The van der Waals surface area contributed by atoms with Crippen molar-refractivity contribution in [3.05, 3.63) is 24.3 Å². The molecule has 0 unspecified atom stereocenters. The first-order chi connectivity index (χ1) is 11.6. The zero-order valence-corrected chi connectivity index (χ0v) is 15.6. The van der Waals surface area contributed by atoms with Gasteiger partial charge in [0.1, 0.15) is 5.75 Å². The molecule has 0 heterocycles. The molecule has 1 aromatic carbocycles. The highest BCUT2D eigenvalue weighted by atomic mass is 35.5. The maximum absolute atomic E-state index is 12.1. The number of ether oxygens (including phenoxy) is 1. The lowest BCUT2D eigenvalue weighted by Crippen LogP contribution is -2.34. The predicted molar refractivity (Wildman–Crippen MR) is 91.7 cm³/mol. The molecule has 0 spiro atoms. The van der Waals surface area contributed by atoms with E-state index in [4.69, 9.17) is 0 Å². The normalized spacial score (nSPS) is 11.5. The molecule has 0 saturated heterocycles. The summed E-state index contributed by atoms with van der Waals surface area (Å²) in [4.78, 5) is 11.3. The SMILES string of the molecule is CCNCCNC(=O)CCNS(=O)(=O)c1ccc(OC(F)(F)F)cc1.Cl. The van der Waals surface area contributed by atoms with Crippen LogP contribution in [0.15, 0.2) is 29.2 Å². The van der Waals surface area contributed by atoms with Crippen LogP contribution in [0, 0.1) is 0 Å². The van der Waals surface area contributed by atoms with Crippen LogP contribution in [0.25, 0.3) is 0 Å². The number of carbonyl (C=O) groups excluding carboxylic acids is 1. The second kappa shape index (κ2) is 11.2. The molecular formula is C14H21ClF3N3O4S. The highest BCUT2D eigenvalue weighted by Crippen LogP contribution is 2.23. The van der Waals surface area contributed by atoms with E-state index in [1.807, 2.05) is 6.92 Å². The van der Waals surface area contributed by atoms with Crippen molar-refractivity contribution in [2.24, 2.45) is 0 Å². The molecule has 0 radical (unpaired) electrons. The van der Waals surface area contributed by atoms with E-state index in [1.165, 1.54) is 0 Å². The number of hydrogen-bond donors (Lipinski definition) is 3. The lowest BCUT2D eigenvalue weighted by Gasteiger charge is -2.10. The number of halogens is 4. The quantitative estimate of drug-likeness (QED) is 0.498. The smallest absolute Gasteiger partial charge is 0.406 e. The van der Waals surface area contributed by atoms with Crippen molar-refractivity contribution in [2.75, 3.05) is 26.2 Å². The fourth-order valence-electron chi connectivity index (χ4n) is 1.76. The largest absolute Gasteiger partial charge is 0.573 e. The number of sulfonamides is 1. The van der Waals surface area contributed by atoms with Gasteiger partial charge in [0, 0.05) is 26.1 Å². The Morgan fingerprint density at radius 3 is 2.27 bits per heavy atom. The van der Waals surface area contributed by atoms with Crippen LogP contribution in [-0.4, -0.2) is 46.9 Å². The van der Waals surface area contributed by atoms with E-state index < -0.39 is 22.1 Å². The number of amides is 1. The van der Waals surface area contributed by atoms with Gasteiger partial charge in [-0.3, -0.25) is 4.79 Å². The summed E-state index contributed by atoms with van der Waals surface area (Å²) in [6.45, 7) is 3.62. The fourth-order valence-corrected chi connectivity index (χ4v) is 2.79. The van der Waals surface area contributed by atoms with Gasteiger partial charge >= 0.3 is 6.36 Å². The first-order valence-electron chi connectivity index (χ1n) is 7.47. The molecule has 1 aromatic rings. The highest BCUT2D eigenvalue weighted by Gasteiger charge is 2.31. The number of rotatable bonds is 10. The third-order valence-corrected chi connectivity index (χ3v) is 4.36. The summed E-state index contributed by atoms with van der Waals surface area (Å²) in [7, 11) is -3.92. The first-order valence-corrected chi connectivity index (χ1v) is 8.95. The topological polar surface area (TPSA) is 96.5 Å². The van der Waals surface area contributed by atoms with Gasteiger partial charge < -0.3 is 15.4 Å². The van der Waals surface area contributed by atoms with Crippen LogP contribution in [0.2, 0.25) is 0 Å². The standard InChI is InChI=1S/C14H20F3N3O4S.ClH/c1-2-18-9-10-19-13(21)7-8-20-25(22,23)12-5-3-11(4-6-12)24-14(15,16)17;/h3-6,18,20H,2,7-10H2,1H3,(H,19,21);1H. The Balaban J connectivity index is 0.00000625. The predicted octanol–water partition coefficient (Wildman–Crippen LogP) is 1.40. The molecule has 3 N–H and O–H groups in total. The van der Waals surface area contributed by atoms with Crippen molar-refractivity contribution >= 4 is 28.3 Å². The second-order valence-corrected chi connectivity index (χ2v) is 6.64. The lowest BCUT2D eigenvalue weighted by molar-refractivity contribution is -0.274. The van der Waals surface area contributed by atoms with Crippen LogP contribution < -0.4 is 20.1 Å². The van der Waals surface area contributed by atoms with E-state index in [2.05, 4.69) is 20.1 Å². The van der Waals surface area contributed by atoms with Crippen molar-refractivity contribution < 1.29 is 31.1 Å². The Bertz CT molecular complexity index is 654. The van der Waals surface area contributed by atoms with Gasteiger partial charge in [-0.1, -0.05) is 6.92 Å². The molecule has 1 rings (SSSR count). The number of hydrogen-bond acceptors (Lipinski definition) is 5. The van der Waals surface area contributed by atoms with Crippen LogP contribution in [0.1, 0.15) is 13.3 Å². The number of alkyl halides is 3. The summed E-state index contributed by atoms with van der Waals surface area (Å²) in [6.07, 6.45) is -4.90. The summed E-state index contributed by atoms with van der Waals surface area (Å²) < 4.78 is 66.0. The average molecular weight is 420 g/mol. The Hall–Kier alpha value is -1.56. The molecule has 0 fully saturated rings. The van der Waals surface area contributed by atoms with E-state index in [9.17, 15) is 26.4 Å². The van der Waals surface area contributed by atoms with E-state index in [-0.39, 0.29) is 36.2 Å². The minimum absolute atomic E-state index is 0. The van der Waals surface area contributed by atoms with Gasteiger partial charge in [-0.05, 0) is 30.8 Å².